The fraction of sp³-hybridized carbons (Fsp3) is 0.385. The van der Waals surface area contributed by atoms with Crippen LogP contribution in [0.5, 0.6) is 0 Å². The zero-order chi connectivity index (χ0) is 13.8. The molecular formula is C13H17FO3Si. The Balaban J connectivity index is 2.62. The van der Waals surface area contributed by atoms with Gasteiger partial charge in [0.25, 0.3) is 0 Å². The van der Waals surface area contributed by atoms with E-state index in [1.54, 1.807) is 12.1 Å². The first-order chi connectivity index (χ1) is 8.31. The molecule has 0 radical (unpaired) electrons. The first kappa shape index (κ1) is 14.6. The molecule has 0 aliphatic rings. The topological polar surface area (TPSA) is 43.4 Å². The third-order valence-electron chi connectivity index (χ3n) is 2.61. The minimum absolute atomic E-state index is 0.187. The lowest BCUT2D eigenvalue weighted by Crippen LogP contribution is -2.47. The van der Waals surface area contributed by atoms with Gasteiger partial charge in [-0.25, -0.2) is 4.39 Å². The number of hydrogen-bond acceptors (Lipinski definition) is 3. The summed E-state index contributed by atoms with van der Waals surface area (Å²) in [5, 5.41) is 1.01. The predicted molar refractivity (Wildman–Crippen MR) is 69.8 cm³/mol. The third kappa shape index (κ3) is 4.41. The number of rotatable bonds is 5. The minimum Gasteiger partial charge on any atom is -0.469 e. The lowest BCUT2D eigenvalue weighted by molar-refractivity contribution is -0.144. The summed E-state index contributed by atoms with van der Waals surface area (Å²) in [6, 6.07) is 6.25. The van der Waals surface area contributed by atoms with E-state index in [0.29, 0.717) is 6.23 Å². The molecule has 18 heavy (non-hydrogen) atoms. The molecule has 0 N–H and O–H groups in total. The lowest BCUT2D eigenvalue weighted by atomic mass is 10.3. The highest BCUT2D eigenvalue weighted by Gasteiger charge is 2.25. The quantitative estimate of drug-likeness (QED) is 0.464. The van der Waals surface area contributed by atoms with Crippen molar-refractivity contribution in [1.82, 2.24) is 0 Å². The van der Waals surface area contributed by atoms with Crippen molar-refractivity contribution >= 4 is 25.0 Å². The molecule has 3 nitrogen and oxygen atoms in total. The van der Waals surface area contributed by atoms with E-state index in [2.05, 4.69) is 0 Å². The summed E-state index contributed by atoms with van der Waals surface area (Å²) in [7, 11) is -1.94. The molecule has 0 saturated carbocycles. The predicted octanol–water partition coefficient (Wildman–Crippen LogP) is 1.80. The number of esters is 1. The van der Waals surface area contributed by atoms with Crippen molar-refractivity contribution < 1.29 is 18.7 Å². The molecule has 0 bridgehead atoms. The molecule has 0 aromatic heterocycles. The van der Waals surface area contributed by atoms with E-state index in [-0.39, 0.29) is 18.0 Å². The Morgan fingerprint density at radius 1 is 1.22 bits per heavy atom. The largest absolute Gasteiger partial charge is 0.469 e. The number of halogens is 1. The third-order valence-corrected chi connectivity index (χ3v) is 5.38. The summed E-state index contributed by atoms with van der Waals surface area (Å²) in [6.45, 7) is 5.41. The van der Waals surface area contributed by atoms with Gasteiger partial charge in [-0.3, -0.25) is 9.59 Å². The molecule has 0 aliphatic carbocycles. The number of ketones is 1. The zero-order valence-electron chi connectivity index (χ0n) is 10.8. The molecule has 0 unspecified atom stereocenters. The van der Waals surface area contributed by atoms with Gasteiger partial charge in [0.2, 0.25) is 0 Å². The molecule has 0 fully saturated rings. The molecule has 0 heterocycles. The van der Waals surface area contributed by atoms with E-state index in [1.807, 2.05) is 13.1 Å². The van der Waals surface area contributed by atoms with Gasteiger partial charge in [-0.2, -0.15) is 0 Å². The second kappa shape index (κ2) is 5.91. The van der Waals surface area contributed by atoms with E-state index in [4.69, 9.17) is 4.74 Å². The van der Waals surface area contributed by atoms with Gasteiger partial charge in [0, 0.05) is 0 Å². The van der Waals surface area contributed by atoms with Crippen LogP contribution in [0.4, 0.5) is 4.39 Å². The second-order valence-corrected chi connectivity index (χ2v) is 9.56. The minimum atomic E-state index is -1.94. The fourth-order valence-corrected chi connectivity index (χ4v) is 3.26. The van der Waals surface area contributed by atoms with Gasteiger partial charge in [-0.1, -0.05) is 30.4 Å². The summed E-state index contributed by atoms with van der Waals surface area (Å²) in [5.74, 6) is -0.983. The smallest absolute Gasteiger partial charge is 0.312 e. The van der Waals surface area contributed by atoms with Crippen molar-refractivity contribution in [1.29, 1.82) is 0 Å². The van der Waals surface area contributed by atoms with Crippen molar-refractivity contribution in [2.75, 3.05) is 6.23 Å². The van der Waals surface area contributed by atoms with Crippen molar-refractivity contribution in [2.45, 2.75) is 26.4 Å². The van der Waals surface area contributed by atoms with Crippen LogP contribution in [0.2, 0.25) is 13.1 Å². The molecular weight excluding hydrogens is 251 g/mol. The maximum Gasteiger partial charge on any atom is 0.312 e. The first-order valence-corrected chi connectivity index (χ1v) is 8.93. The summed E-state index contributed by atoms with van der Waals surface area (Å²) >= 11 is 0. The van der Waals surface area contributed by atoms with Gasteiger partial charge in [0.15, 0.2) is 0 Å². The van der Waals surface area contributed by atoms with E-state index in [9.17, 15) is 14.0 Å². The Morgan fingerprint density at radius 3 is 2.28 bits per heavy atom. The highest BCUT2D eigenvalue weighted by atomic mass is 28.3. The molecule has 0 aliphatic heterocycles. The molecule has 1 aromatic rings. The molecule has 5 heteroatoms. The monoisotopic (exact) mass is 268 g/mol. The van der Waals surface area contributed by atoms with E-state index in [1.165, 1.54) is 19.1 Å². The molecule has 0 amide bonds. The van der Waals surface area contributed by atoms with E-state index >= 15 is 0 Å². The zero-order valence-corrected chi connectivity index (χ0v) is 11.8. The van der Waals surface area contributed by atoms with Gasteiger partial charge >= 0.3 is 5.97 Å². The van der Waals surface area contributed by atoms with Crippen molar-refractivity contribution in [3.63, 3.8) is 0 Å². The standard InChI is InChI=1S/C13H17FO3Si/c1-10(15)8-13(16)17-9-18(2,3)12-6-4-11(14)5-7-12/h4-7H,8-9H2,1-3H3. The highest BCUT2D eigenvalue weighted by Crippen LogP contribution is 2.06. The number of carbonyl (C=O) groups excluding carboxylic acids is 2. The molecule has 0 atom stereocenters. The lowest BCUT2D eigenvalue weighted by Gasteiger charge is -2.22. The summed E-state index contributed by atoms with van der Waals surface area (Å²) in [4.78, 5) is 22.1. The number of hydrogen-bond donors (Lipinski definition) is 0. The number of benzene rings is 1. The molecule has 98 valence electrons. The second-order valence-electron chi connectivity index (χ2n) is 4.93. The highest BCUT2D eigenvalue weighted by molar-refractivity contribution is 6.89. The molecule has 0 spiro atoms. The van der Waals surface area contributed by atoms with Crippen LogP contribution in [0.25, 0.3) is 0 Å². The average molecular weight is 268 g/mol. The van der Waals surface area contributed by atoms with Gasteiger partial charge in [0.1, 0.15) is 26.1 Å². The van der Waals surface area contributed by atoms with Crippen LogP contribution < -0.4 is 5.19 Å². The maximum atomic E-state index is 12.8. The average Bonchev–Trinajstić information content (AvgIpc) is 2.26. The number of carbonyl (C=O) groups is 2. The summed E-state index contributed by atoms with van der Waals surface area (Å²) in [5.41, 5.74) is 0. The first-order valence-electron chi connectivity index (χ1n) is 5.72. The SMILES string of the molecule is CC(=O)CC(=O)OC[Si](C)(C)c1ccc(F)cc1. The normalized spacial score (nSPS) is 11.1. The maximum absolute atomic E-state index is 12.8. The van der Waals surface area contributed by atoms with Crippen LogP contribution in [0.1, 0.15) is 13.3 Å². The van der Waals surface area contributed by atoms with Gasteiger partial charge in [0.05, 0.1) is 6.23 Å². The Morgan fingerprint density at radius 2 is 1.78 bits per heavy atom. The molecule has 0 saturated heterocycles. The van der Waals surface area contributed by atoms with Crippen LogP contribution in [0.3, 0.4) is 0 Å². The van der Waals surface area contributed by atoms with Crippen LogP contribution in [-0.2, 0) is 14.3 Å². The summed E-state index contributed by atoms with van der Waals surface area (Å²) < 4.78 is 17.9. The van der Waals surface area contributed by atoms with Gasteiger partial charge < -0.3 is 4.74 Å². The Hall–Kier alpha value is -1.49. The van der Waals surface area contributed by atoms with Crippen molar-refractivity contribution in [3.8, 4) is 0 Å². The van der Waals surface area contributed by atoms with Crippen LogP contribution in [0.15, 0.2) is 24.3 Å². The Labute approximate surface area is 107 Å². The van der Waals surface area contributed by atoms with Crippen molar-refractivity contribution in [2.24, 2.45) is 0 Å². The van der Waals surface area contributed by atoms with Crippen molar-refractivity contribution in [3.05, 3.63) is 30.1 Å². The molecule has 1 rings (SSSR count). The Kier molecular flexibility index (Phi) is 4.78. The summed E-state index contributed by atoms with van der Waals surface area (Å²) in [6.07, 6.45) is 0.110. The molecule has 1 aromatic carbocycles. The van der Waals surface area contributed by atoms with E-state index < -0.39 is 14.0 Å². The van der Waals surface area contributed by atoms with Gasteiger partial charge in [-0.05, 0) is 19.1 Å². The van der Waals surface area contributed by atoms with Gasteiger partial charge in [-0.15, -0.1) is 0 Å². The van der Waals surface area contributed by atoms with Crippen LogP contribution in [0, 0.1) is 5.82 Å². The van der Waals surface area contributed by atoms with Crippen LogP contribution >= 0.6 is 0 Å². The number of Topliss-reactive ketones (excluding diaryl/α,β-unsaturated/α-hetero) is 1. The van der Waals surface area contributed by atoms with Crippen LogP contribution in [-0.4, -0.2) is 26.1 Å². The fourth-order valence-electron chi connectivity index (χ4n) is 1.50. The number of ether oxygens (including phenoxy) is 1. The Bertz CT molecular complexity index is 440. The van der Waals surface area contributed by atoms with E-state index in [0.717, 1.165) is 5.19 Å².